The van der Waals surface area contributed by atoms with Crippen molar-refractivity contribution in [1.82, 2.24) is 0 Å². The zero-order chi connectivity index (χ0) is 12.7. The molecule has 92 valence electrons. The molecule has 0 saturated heterocycles. The summed E-state index contributed by atoms with van der Waals surface area (Å²) in [4.78, 5) is 11.4. The minimum atomic E-state index is -0.297. The summed E-state index contributed by atoms with van der Waals surface area (Å²) in [5, 5.41) is 8.77. The topological polar surface area (TPSA) is 55.8 Å². The van der Waals surface area contributed by atoms with E-state index in [1.165, 1.54) is 0 Å². The summed E-state index contributed by atoms with van der Waals surface area (Å²) in [5.74, 6) is 0.610. The van der Waals surface area contributed by atoms with Crippen LogP contribution in [0.15, 0.2) is 36.3 Å². The van der Waals surface area contributed by atoms with Gasteiger partial charge in [-0.05, 0) is 19.9 Å². The number of hydrogen-bond donors (Lipinski definition) is 1. The average molecular weight is 236 g/mol. The zero-order valence-electron chi connectivity index (χ0n) is 9.97. The first-order chi connectivity index (χ1) is 8.17. The van der Waals surface area contributed by atoms with Crippen LogP contribution in [-0.2, 0) is 16.0 Å². The Morgan fingerprint density at radius 1 is 1.41 bits per heavy atom. The molecule has 1 aromatic rings. The molecule has 0 aromatic heterocycles. The molecule has 1 aromatic carbocycles. The van der Waals surface area contributed by atoms with Crippen LogP contribution in [0.4, 0.5) is 0 Å². The van der Waals surface area contributed by atoms with Crippen molar-refractivity contribution < 1.29 is 19.4 Å². The third-order valence-electron chi connectivity index (χ3n) is 2.07. The Morgan fingerprint density at radius 2 is 2.12 bits per heavy atom. The Labute approximate surface area is 100 Å². The number of ether oxygens (including phenoxy) is 2. The molecule has 0 heterocycles. The number of hydrogen-bond acceptors (Lipinski definition) is 4. The van der Waals surface area contributed by atoms with Crippen molar-refractivity contribution in [3.05, 3.63) is 41.9 Å². The molecule has 0 amide bonds. The maximum absolute atomic E-state index is 11.4. The Bertz CT molecular complexity index is 410. The Hall–Kier alpha value is -1.97. The van der Waals surface area contributed by atoms with Crippen molar-refractivity contribution in [1.29, 1.82) is 0 Å². The Balaban J connectivity index is 2.80. The predicted molar refractivity (Wildman–Crippen MR) is 63.8 cm³/mol. The summed E-state index contributed by atoms with van der Waals surface area (Å²) in [6.45, 7) is 3.75. The number of esters is 1. The van der Waals surface area contributed by atoms with Crippen LogP contribution < -0.4 is 4.74 Å². The lowest BCUT2D eigenvalue weighted by atomic mass is 10.1. The lowest BCUT2D eigenvalue weighted by molar-refractivity contribution is -0.142. The number of carbonyl (C=O) groups excluding carboxylic acids is 1. The van der Waals surface area contributed by atoms with Gasteiger partial charge >= 0.3 is 5.97 Å². The van der Waals surface area contributed by atoms with Gasteiger partial charge in [0.05, 0.1) is 13.0 Å². The van der Waals surface area contributed by atoms with Crippen LogP contribution in [0.2, 0.25) is 0 Å². The molecule has 0 atom stereocenters. The number of para-hydroxylation sites is 1. The van der Waals surface area contributed by atoms with E-state index in [4.69, 9.17) is 14.6 Å². The average Bonchev–Trinajstić information content (AvgIpc) is 2.31. The van der Waals surface area contributed by atoms with Gasteiger partial charge in [0.25, 0.3) is 0 Å². The lowest BCUT2D eigenvalue weighted by Crippen LogP contribution is -2.08. The van der Waals surface area contributed by atoms with Gasteiger partial charge in [0.2, 0.25) is 0 Å². The molecule has 0 fully saturated rings. The van der Waals surface area contributed by atoms with Crippen LogP contribution >= 0.6 is 0 Å². The summed E-state index contributed by atoms with van der Waals surface area (Å²) in [5.41, 5.74) is 0.729. The fourth-order valence-corrected chi connectivity index (χ4v) is 1.32. The summed E-state index contributed by atoms with van der Waals surface area (Å²) < 4.78 is 10.3. The largest absolute Gasteiger partial charge is 0.512 e. The molecule has 0 radical (unpaired) electrons. The van der Waals surface area contributed by atoms with Crippen LogP contribution in [0, 0.1) is 0 Å². The molecule has 0 aliphatic carbocycles. The van der Waals surface area contributed by atoms with Gasteiger partial charge in [-0.15, -0.1) is 0 Å². The van der Waals surface area contributed by atoms with Gasteiger partial charge in [-0.3, -0.25) is 4.79 Å². The lowest BCUT2D eigenvalue weighted by Gasteiger charge is -2.10. The molecule has 0 aliphatic heterocycles. The summed E-state index contributed by atoms with van der Waals surface area (Å²) in [6.07, 6.45) is 1.03. The maximum atomic E-state index is 11.4. The molecule has 17 heavy (non-hydrogen) atoms. The first-order valence-electron chi connectivity index (χ1n) is 5.39. The second kappa shape index (κ2) is 6.58. The molecule has 4 nitrogen and oxygen atoms in total. The number of aliphatic hydroxyl groups is 1. The number of rotatable bonds is 5. The van der Waals surface area contributed by atoms with E-state index in [0.717, 1.165) is 11.8 Å². The second-order valence-corrected chi connectivity index (χ2v) is 3.43. The van der Waals surface area contributed by atoms with E-state index in [1.807, 2.05) is 6.07 Å². The number of aliphatic hydroxyl groups excluding tert-OH is 1. The highest BCUT2D eigenvalue weighted by molar-refractivity contribution is 5.73. The minimum absolute atomic E-state index is 0.155. The Morgan fingerprint density at radius 3 is 2.76 bits per heavy atom. The highest BCUT2D eigenvalue weighted by atomic mass is 16.5. The van der Waals surface area contributed by atoms with Gasteiger partial charge in [-0.2, -0.15) is 0 Å². The molecular formula is C13H16O4. The number of allylic oxidation sites excluding steroid dienone is 1. The molecule has 0 saturated carbocycles. The van der Waals surface area contributed by atoms with Crippen LogP contribution in [0.3, 0.4) is 0 Å². The van der Waals surface area contributed by atoms with E-state index in [1.54, 1.807) is 32.0 Å². The van der Waals surface area contributed by atoms with E-state index in [9.17, 15) is 4.79 Å². The predicted octanol–water partition coefficient (Wildman–Crippen LogP) is 2.59. The molecule has 1 rings (SSSR count). The normalized spacial score (nSPS) is 11.1. The fourth-order valence-electron chi connectivity index (χ4n) is 1.32. The zero-order valence-corrected chi connectivity index (χ0v) is 9.97. The SMILES string of the molecule is CCOC(=O)Cc1ccccc1O/C(C)=C/O. The van der Waals surface area contributed by atoms with E-state index in [2.05, 4.69) is 0 Å². The summed E-state index contributed by atoms with van der Waals surface area (Å²) in [7, 11) is 0. The molecular weight excluding hydrogens is 220 g/mol. The van der Waals surface area contributed by atoms with Gasteiger partial charge in [0.1, 0.15) is 17.8 Å². The highest BCUT2D eigenvalue weighted by Crippen LogP contribution is 2.21. The molecule has 0 spiro atoms. The van der Waals surface area contributed by atoms with Crippen molar-refractivity contribution in [3.8, 4) is 5.75 Å². The third-order valence-corrected chi connectivity index (χ3v) is 2.07. The van der Waals surface area contributed by atoms with Gasteiger partial charge in [0, 0.05) is 5.56 Å². The molecule has 1 N–H and O–H groups in total. The van der Waals surface area contributed by atoms with Gasteiger partial charge in [0.15, 0.2) is 0 Å². The molecule has 0 bridgehead atoms. The number of benzene rings is 1. The third kappa shape index (κ3) is 4.18. The van der Waals surface area contributed by atoms with Crippen LogP contribution in [0.5, 0.6) is 5.75 Å². The Kier molecular flexibility index (Phi) is 5.07. The van der Waals surface area contributed by atoms with E-state index in [0.29, 0.717) is 18.1 Å². The van der Waals surface area contributed by atoms with E-state index in [-0.39, 0.29) is 12.4 Å². The van der Waals surface area contributed by atoms with Crippen LogP contribution in [0.25, 0.3) is 0 Å². The highest BCUT2D eigenvalue weighted by Gasteiger charge is 2.09. The molecule has 4 heteroatoms. The maximum Gasteiger partial charge on any atom is 0.310 e. The van der Waals surface area contributed by atoms with Crippen molar-refractivity contribution in [2.24, 2.45) is 0 Å². The van der Waals surface area contributed by atoms with Crippen molar-refractivity contribution in [3.63, 3.8) is 0 Å². The second-order valence-electron chi connectivity index (χ2n) is 3.43. The van der Waals surface area contributed by atoms with Gasteiger partial charge in [-0.1, -0.05) is 18.2 Å². The minimum Gasteiger partial charge on any atom is -0.512 e. The fraction of sp³-hybridized carbons (Fsp3) is 0.308. The van der Waals surface area contributed by atoms with Gasteiger partial charge < -0.3 is 14.6 Å². The first-order valence-corrected chi connectivity index (χ1v) is 5.39. The smallest absolute Gasteiger partial charge is 0.310 e. The van der Waals surface area contributed by atoms with Crippen molar-refractivity contribution >= 4 is 5.97 Å². The number of carbonyl (C=O) groups is 1. The van der Waals surface area contributed by atoms with Crippen LogP contribution in [0.1, 0.15) is 19.4 Å². The summed E-state index contributed by atoms with van der Waals surface area (Å²) in [6, 6.07) is 7.15. The quantitative estimate of drug-likeness (QED) is 0.630. The monoisotopic (exact) mass is 236 g/mol. The van der Waals surface area contributed by atoms with E-state index < -0.39 is 0 Å². The van der Waals surface area contributed by atoms with Crippen LogP contribution in [-0.4, -0.2) is 17.7 Å². The molecule has 0 aliphatic rings. The molecule has 0 unspecified atom stereocenters. The summed E-state index contributed by atoms with van der Waals surface area (Å²) >= 11 is 0. The van der Waals surface area contributed by atoms with E-state index >= 15 is 0 Å². The standard InChI is InChI=1S/C13H16O4/c1-3-16-13(15)8-11-6-4-5-7-12(11)17-10(2)9-14/h4-7,9,14H,3,8H2,1-2H3/b10-9+. The van der Waals surface area contributed by atoms with Gasteiger partial charge in [-0.25, -0.2) is 0 Å². The van der Waals surface area contributed by atoms with Crippen molar-refractivity contribution in [2.45, 2.75) is 20.3 Å². The first kappa shape index (κ1) is 13.1. The van der Waals surface area contributed by atoms with Crippen molar-refractivity contribution in [2.75, 3.05) is 6.61 Å².